The number of amides is 2. The second-order valence-electron chi connectivity index (χ2n) is 5.88. The van der Waals surface area contributed by atoms with Crippen molar-refractivity contribution in [3.05, 3.63) is 35.4 Å². The monoisotopic (exact) mass is 334 g/mol. The van der Waals surface area contributed by atoms with Crippen LogP contribution in [0.4, 0.5) is 0 Å². The van der Waals surface area contributed by atoms with Crippen LogP contribution in [-0.4, -0.2) is 49.4 Å². The average Bonchev–Trinajstić information content (AvgIpc) is 2.56. The van der Waals surface area contributed by atoms with Crippen molar-refractivity contribution in [2.75, 3.05) is 26.7 Å². The van der Waals surface area contributed by atoms with Gasteiger partial charge in [0, 0.05) is 32.1 Å². The van der Waals surface area contributed by atoms with Gasteiger partial charge >= 0.3 is 5.97 Å². The molecule has 0 aliphatic rings. The molecule has 0 aromatic heterocycles. The van der Waals surface area contributed by atoms with Crippen molar-refractivity contribution in [1.82, 2.24) is 10.2 Å². The third-order valence-electron chi connectivity index (χ3n) is 3.66. The predicted octanol–water partition coefficient (Wildman–Crippen LogP) is 1.77. The van der Waals surface area contributed by atoms with Gasteiger partial charge in [0.05, 0.1) is 13.0 Å². The van der Waals surface area contributed by atoms with Crippen LogP contribution >= 0.6 is 0 Å². The van der Waals surface area contributed by atoms with Crippen LogP contribution in [0.25, 0.3) is 0 Å². The van der Waals surface area contributed by atoms with Crippen LogP contribution in [0.5, 0.6) is 0 Å². The third-order valence-corrected chi connectivity index (χ3v) is 3.66. The zero-order valence-electron chi connectivity index (χ0n) is 14.8. The number of rotatable bonds is 8. The zero-order chi connectivity index (χ0) is 18.1. The number of hydrogen-bond donors (Lipinski definition) is 1. The lowest BCUT2D eigenvalue weighted by atomic mass is 10.1. The highest BCUT2D eigenvalue weighted by molar-refractivity contribution is 5.94. The van der Waals surface area contributed by atoms with Crippen LogP contribution in [0.1, 0.15) is 36.2 Å². The summed E-state index contributed by atoms with van der Waals surface area (Å²) in [5, 5.41) is 2.71. The standard InChI is InChI=1S/C18H26N2O4/c1-13-6-8-16(9-7-13)17(22)20(11-5-10-19-15(3)21)12-14(2)18(23)24-4/h6-9,14H,5,10-12H2,1-4H3,(H,19,21). The summed E-state index contributed by atoms with van der Waals surface area (Å²) in [7, 11) is 1.34. The van der Waals surface area contributed by atoms with E-state index in [-0.39, 0.29) is 24.3 Å². The summed E-state index contributed by atoms with van der Waals surface area (Å²) in [4.78, 5) is 36.9. The number of esters is 1. The fraction of sp³-hybridized carbons (Fsp3) is 0.500. The molecule has 0 saturated heterocycles. The Morgan fingerprint density at radius 3 is 2.38 bits per heavy atom. The normalized spacial score (nSPS) is 11.5. The first kappa shape index (κ1) is 19.7. The zero-order valence-corrected chi connectivity index (χ0v) is 14.8. The number of methoxy groups -OCH3 is 1. The molecule has 6 nitrogen and oxygen atoms in total. The summed E-state index contributed by atoms with van der Waals surface area (Å²) in [6, 6.07) is 7.32. The van der Waals surface area contributed by atoms with Crippen LogP contribution < -0.4 is 5.32 Å². The van der Waals surface area contributed by atoms with Gasteiger partial charge in [-0.25, -0.2) is 0 Å². The molecular formula is C18H26N2O4. The molecule has 2 amide bonds. The van der Waals surface area contributed by atoms with Gasteiger partial charge in [-0.05, 0) is 25.5 Å². The molecular weight excluding hydrogens is 308 g/mol. The molecule has 1 N–H and O–H groups in total. The maximum Gasteiger partial charge on any atom is 0.310 e. The molecule has 1 rings (SSSR count). The maximum absolute atomic E-state index is 12.7. The molecule has 1 unspecified atom stereocenters. The highest BCUT2D eigenvalue weighted by atomic mass is 16.5. The van der Waals surface area contributed by atoms with Crippen molar-refractivity contribution in [2.24, 2.45) is 5.92 Å². The molecule has 1 aromatic rings. The van der Waals surface area contributed by atoms with E-state index in [1.54, 1.807) is 24.0 Å². The van der Waals surface area contributed by atoms with E-state index in [0.717, 1.165) is 5.56 Å². The largest absolute Gasteiger partial charge is 0.469 e. The maximum atomic E-state index is 12.7. The minimum atomic E-state index is -0.412. The van der Waals surface area contributed by atoms with E-state index >= 15 is 0 Å². The molecule has 0 fully saturated rings. The quantitative estimate of drug-likeness (QED) is 0.581. The number of nitrogens with zero attached hydrogens (tertiary/aromatic N) is 1. The Morgan fingerprint density at radius 2 is 1.83 bits per heavy atom. The van der Waals surface area contributed by atoms with Gasteiger partial charge in [-0.2, -0.15) is 0 Å². The predicted molar refractivity (Wildman–Crippen MR) is 91.6 cm³/mol. The Bertz CT molecular complexity index is 569. The molecule has 0 radical (unpaired) electrons. The van der Waals surface area contributed by atoms with Gasteiger partial charge < -0.3 is 15.0 Å². The van der Waals surface area contributed by atoms with Gasteiger partial charge in [-0.15, -0.1) is 0 Å². The van der Waals surface area contributed by atoms with E-state index in [1.165, 1.54) is 14.0 Å². The Hall–Kier alpha value is -2.37. The molecule has 6 heteroatoms. The lowest BCUT2D eigenvalue weighted by molar-refractivity contribution is -0.145. The summed E-state index contributed by atoms with van der Waals surface area (Å²) >= 11 is 0. The van der Waals surface area contributed by atoms with Gasteiger partial charge in [0.15, 0.2) is 0 Å². The topological polar surface area (TPSA) is 75.7 Å². The van der Waals surface area contributed by atoms with Crippen LogP contribution in [0.3, 0.4) is 0 Å². The second-order valence-corrected chi connectivity index (χ2v) is 5.88. The Balaban J connectivity index is 2.78. The Kier molecular flexibility index (Phi) is 7.95. The fourth-order valence-corrected chi connectivity index (χ4v) is 2.30. The number of carbonyl (C=O) groups is 3. The smallest absolute Gasteiger partial charge is 0.310 e. The van der Waals surface area contributed by atoms with E-state index in [2.05, 4.69) is 5.32 Å². The van der Waals surface area contributed by atoms with E-state index in [9.17, 15) is 14.4 Å². The molecule has 0 bridgehead atoms. The number of aryl methyl sites for hydroxylation is 1. The number of carbonyl (C=O) groups excluding carboxylic acids is 3. The van der Waals surface area contributed by atoms with Crippen molar-refractivity contribution in [3.8, 4) is 0 Å². The fourth-order valence-electron chi connectivity index (χ4n) is 2.30. The van der Waals surface area contributed by atoms with E-state index in [0.29, 0.717) is 25.1 Å². The first-order valence-corrected chi connectivity index (χ1v) is 8.03. The molecule has 0 heterocycles. The van der Waals surface area contributed by atoms with Crippen LogP contribution in [0.2, 0.25) is 0 Å². The molecule has 0 spiro atoms. The van der Waals surface area contributed by atoms with E-state index in [1.807, 2.05) is 19.1 Å². The number of hydrogen-bond acceptors (Lipinski definition) is 4. The highest BCUT2D eigenvalue weighted by Crippen LogP contribution is 2.11. The molecule has 0 saturated carbocycles. The average molecular weight is 334 g/mol. The second kappa shape index (κ2) is 9.70. The SMILES string of the molecule is COC(=O)C(C)CN(CCCNC(C)=O)C(=O)c1ccc(C)cc1. The van der Waals surface area contributed by atoms with Crippen molar-refractivity contribution in [1.29, 1.82) is 0 Å². The summed E-state index contributed by atoms with van der Waals surface area (Å²) in [5.41, 5.74) is 1.66. The Labute approximate surface area is 143 Å². The van der Waals surface area contributed by atoms with Crippen LogP contribution in [0.15, 0.2) is 24.3 Å². The minimum absolute atomic E-state index is 0.102. The van der Waals surface area contributed by atoms with Gasteiger partial charge in [0.1, 0.15) is 0 Å². The number of nitrogens with one attached hydrogen (secondary N) is 1. The Morgan fingerprint density at radius 1 is 1.21 bits per heavy atom. The van der Waals surface area contributed by atoms with Crippen LogP contribution in [0, 0.1) is 12.8 Å². The lowest BCUT2D eigenvalue weighted by Crippen LogP contribution is -2.39. The van der Waals surface area contributed by atoms with Crippen molar-refractivity contribution in [2.45, 2.75) is 27.2 Å². The van der Waals surface area contributed by atoms with Crippen LogP contribution in [-0.2, 0) is 14.3 Å². The molecule has 132 valence electrons. The van der Waals surface area contributed by atoms with Gasteiger partial charge in [-0.1, -0.05) is 24.6 Å². The molecule has 0 aliphatic carbocycles. The first-order chi connectivity index (χ1) is 11.3. The summed E-state index contributed by atoms with van der Waals surface area (Å²) in [6.07, 6.45) is 0.616. The lowest BCUT2D eigenvalue weighted by Gasteiger charge is -2.25. The molecule has 1 aromatic carbocycles. The first-order valence-electron chi connectivity index (χ1n) is 8.03. The third kappa shape index (κ3) is 6.40. The number of ether oxygens (including phenoxy) is 1. The number of benzene rings is 1. The molecule has 1 atom stereocenters. The molecule has 0 aliphatic heterocycles. The summed E-state index contributed by atoms with van der Waals surface area (Å²) < 4.78 is 4.74. The van der Waals surface area contributed by atoms with E-state index in [4.69, 9.17) is 4.74 Å². The van der Waals surface area contributed by atoms with Crippen molar-refractivity contribution in [3.63, 3.8) is 0 Å². The van der Waals surface area contributed by atoms with E-state index < -0.39 is 5.92 Å². The van der Waals surface area contributed by atoms with Gasteiger partial charge in [0.25, 0.3) is 5.91 Å². The molecule has 24 heavy (non-hydrogen) atoms. The highest BCUT2D eigenvalue weighted by Gasteiger charge is 2.22. The van der Waals surface area contributed by atoms with Crippen molar-refractivity contribution < 1.29 is 19.1 Å². The minimum Gasteiger partial charge on any atom is -0.469 e. The summed E-state index contributed by atoms with van der Waals surface area (Å²) in [6.45, 7) is 6.36. The van der Waals surface area contributed by atoms with Gasteiger partial charge in [-0.3, -0.25) is 14.4 Å². The summed E-state index contributed by atoms with van der Waals surface area (Å²) in [5.74, 6) is -0.994. The van der Waals surface area contributed by atoms with Gasteiger partial charge in [0.2, 0.25) is 5.91 Å². The van der Waals surface area contributed by atoms with Crippen molar-refractivity contribution >= 4 is 17.8 Å².